The molecule has 2 rings (SSSR count). The maximum absolute atomic E-state index is 12.1. The first-order valence-corrected chi connectivity index (χ1v) is 8.28. The molecule has 0 heterocycles. The van der Waals surface area contributed by atoms with Crippen molar-refractivity contribution >= 4 is 29.3 Å². The van der Waals surface area contributed by atoms with Gasteiger partial charge in [-0.15, -0.1) is 11.8 Å². The number of rotatable bonds is 6. The first-order chi connectivity index (χ1) is 10.2. The minimum Gasteiger partial charge on any atom is -0.349 e. The van der Waals surface area contributed by atoms with Crippen LogP contribution in [0.15, 0.2) is 59.5 Å². The quantitative estimate of drug-likeness (QED) is 0.782. The molecule has 0 fully saturated rings. The van der Waals surface area contributed by atoms with Gasteiger partial charge in [0.05, 0.1) is 11.8 Å². The summed E-state index contributed by atoms with van der Waals surface area (Å²) in [4.78, 5) is 13.1. The minimum absolute atomic E-state index is 0.0469. The Morgan fingerprint density at radius 2 is 1.81 bits per heavy atom. The lowest BCUT2D eigenvalue weighted by atomic mass is 10.0. The van der Waals surface area contributed by atoms with Gasteiger partial charge in [0.15, 0.2) is 0 Å². The summed E-state index contributed by atoms with van der Waals surface area (Å²) in [5.41, 5.74) is 1.14. The Labute approximate surface area is 134 Å². The van der Waals surface area contributed by atoms with Crippen LogP contribution in [-0.4, -0.2) is 11.7 Å². The van der Waals surface area contributed by atoms with E-state index in [4.69, 9.17) is 11.6 Å². The van der Waals surface area contributed by atoms with Crippen LogP contribution in [0.4, 0.5) is 0 Å². The monoisotopic (exact) mass is 319 g/mol. The Hall–Kier alpha value is -1.45. The van der Waals surface area contributed by atoms with Gasteiger partial charge in [0.1, 0.15) is 0 Å². The molecule has 1 unspecified atom stereocenters. The van der Waals surface area contributed by atoms with Gasteiger partial charge in [-0.25, -0.2) is 0 Å². The molecule has 0 aliphatic heterocycles. The summed E-state index contributed by atoms with van der Waals surface area (Å²) in [5, 5.41) is 3.79. The van der Waals surface area contributed by atoms with Gasteiger partial charge < -0.3 is 5.32 Å². The lowest BCUT2D eigenvalue weighted by Gasteiger charge is -2.17. The predicted octanol–water partition coefficient (Wildman–Crippen LogP) is 4.70. The molecule has 0 spiro atoms. The van der Waals surface area contributed by atoms with Crippen LogP contribution >= 0.6 is 23.4 Å². The van der Waals surface area contributed by atoms with Crippen LogP contribution in [0.1, 0.15) is 24.9 Å². The zero-order valence-corrected chi connectivity index (χ0v) is 13.5. The van der Waals surface area contributed by atoms with Gasteiger partial charge >= 0.3 is 0 Å². The van der Waals surface area contributed by atoms with E-state index in [1.54, 1.807) is 0 Å². The van der Waals surface area contributed by atoms with Gasteiger partial charge in [-0.3, -0.25) is 4.79 Å². The summed E-state index contributed by atoms with van der Waals surface area (Å²) in [7, 11) is 0. The van der Waals surface area contributed by atoms with Crippen LogP contribution in [0.25, 0.3) is 0 Å². The van der Waals surface area contributed by atoms with Crippen molar-refractivity contribution in [2.24, 2.45) is 0 Å². The van der Waals surface area contributed by atoms with Gasteiger partial charge in [0, 0.05) is 9.92 Å². The molecule has 4 heteroatoms. The zero-order chi connectivity index (χ0) is 15.1. The number of carbonyl (C=O) groups excluding carboxylic acids is 1. The first-order valence-electron chi connectivity index (χ1n) is 6.91. The van der Waals surface area contributed by atoms with E-state index in [1.165, 1.54) is 11.8 Å². The van der Waals surface area contributed by atoms with Crippen LogP contribution in [0, 0.1) is 0 Å². The van der Waals surface area contributed by atoms with Crippen molar-refractivity contribution in [3.8, 4) is 0 Å². The van der Waals surface area contributed by atoms with E-state index >= 15 is 0 Å². The lowest BCUT2D eigenvalue weighted by Crippen LogP contribution is -2.29. The summed E-state index contributed by atoms with van der Waals surface area (Å²) < 4.78 is 0. The Balaban J connectivity index is 1.87. The van der Waals surface area contributed by atoms with E-state index in [0.29, 0.717) is 10.8 Å². The highest BCUT2D eigenvalue weighted by molar-refractivity contribution is 8.00. The molecule has 2 aromatic carbocycles. The molecule has 0 radical (unpaired) electrons. The predicted molar refractivity (Wildman–Crippen MR) is 89.8 cm³/mol. The molecule has 0 aliphatic rings. The molecule has 21 heavy (non-hydrogen) atoms. The number of halogens is 1. The van der Waals surface area contributed by atoms with Gasteiger partial charge in [0.2, 0.25) is 5.91 Å². The maximum Gasteiger partial charge on any atom is 0.230 e. The van der Waals surface area contributed by atoms with E-state index in [2.05, 4.69) is 12.2 Å². The zero-order valence-electron chi connectivity index (χ0n) is 11.9. The summed E-state index contributed by atoms with van der Waals surface area (Å²) in [5.74, 6) is 0.455. The fraction of sp³-hybridized carbons (Fsp3) is 0.235. The second-order valence-electron chi connectivity index (χ2n) is 4.68. The van der Waals surface area contributed by atoms with Crippen molar-refractivity contribution in [1.29, 1.82) is 0 Å². The van der Waals surface area contributed by atoms with Crippen LogP contribution in [-0.2, 0) is 4.79 Å². The fourth-order valence-electron chi connectivity index (χ4n) is 2.02. The van der Waals surface area contributed by atoms with E-state index in [0.717, 1.165) is 16.9 Å². The van der Waals surface area contributed by atoms with E-state index < -0.39 is 0 Å². The largest absolute Gasteiger partial charge is 0.349 e. The third-order valence-corrected chi connectivity index (χ3v) is 4.39. The standard InChI is InChI=1S/C17H18ClNOS/c1-2-16(13-6-4-3-5-7-13)19-17(20)12-21-15-10-8-14(18)9-11-15/h3-11,16H,2,12H2,1H3,(H,19,20). The number of hydrogen-bond acceptors (Lipinski definition) is 2. The minimum atomic E-state index is 0.0469. The molecule has 1 N–H and O–H groups in total. The van der Waals surface area contributed by atoms with Crippen molar-refractivity contribution in [3.63, 3.8) is 0 Å². The highest BCUT2D eigenvalue weighted by Crippen LogP contribution is 2.21. The molecule has 0 aliphatic carbocycles. The molecule has 0 bridgehead atoms. The number of thioether (sulfide) groups is 1. The van der Waals surface area contributed by atoms with Crippen molar-refractivity contribution in [2.45, 2.75) is 24.3 Å². The summed E-state index contributed by atoms with van der Waals surface area (Å²) in [6.07, 6.45) is 0.876. The van der Waals surface area contributed by atoms with Crippen LogP contribution in [0.5, 0.6) is 0 Å². The Morgan fingerprint density at radius 1 is 1.14 bits per heavy atom. The van der Waals surface area contributed by atoms with Crippen molar-refractivity contribution in [2.75, 3.05) is 5.75 Å². The Kier molecular flexibility index (Phi) is 6.15. The van der Waals surface area contributed by atoms with E-state index in [-0.39, 0.29) is 11.9 Å². The van der Waals surface area contributed by atoms with Crippen LogP contribution in [0.3, 0.4) is 0 Å². The molecular formula is C17H18ClNOS. The highest BCUT2D eigenvalue weighted by atomic mass is 35.5. The van der Waals surface area contributed by atoms with Crippen LogP contribution in [0.2, 0.25) is 5.02 Å². The lowest BCUT2D eigenvalue weighted by molar-refractivity contribution is -0.119. The fourth-order valence-corrected chi connectivity index (χ4v) is 2.86. The number of benzene rings is 2. The molecule has 1 amide bonds. The van der Waals surface area contributed by atoms with Crippen molar-refractivity contribution in [1.82, 2.24) is 5.32 Å². The summed E-state index contributed by atoms with van der Waals surface area (Å²) in [6, 6.07) is 17.6. The number of carbonyl (C=O) groups is 1. The molecular weight excluding hydrogens is 302 g/mol. The van der Waals surface area contributed by atoms with Gasteiger partial charge in [0.25, 0.3) is 0 Å². The first kappa shape index (κ1) is 15.9. The van der Waals surface area contributed by atoms with E-state index in [9.17, 15) is 4.79 Å². The third kappa shape index (κ3) is 5.10. The topological polar surface area (TPSA) is 29.1 Å². The normalized spacial score (nSPS) is 11.9. The van der Waals surface area contributed by atoms with Crippen LogP contribution < -0.4 is 5.32 Å². The second kappa shape index (κ2) is 8.11. The maximum atomic E-state index is 12.1. The molecule has 2 nitrogen and oxygen atoms in total. The van der Waals surface area contributed by atoms with Gasteiger partial charge in [-0.05, 0) is 36.2 Å². The highest BCUT2D eigenvalue weighted by Gasteiger charge is 2.12. The molecule has 0 saturated carbocycles. The summed E-state index contributed by atoms with van der Waals surface area (Å²) in [6.45, 7) is 2.07. The SMILES string of the molecule is CCC(NC(=O)CSc1ccc(Cl)cc1)c1ccccc1. The molecule has 110 valence electrons. The number of nitrogens with one attached hydrogen (secondary N) is 1. The third-order valence-electron chi connectivity index (χ3n) is 3.13. The molecule has 0 aromatic heterocycles. The Morgan fingerprint density at radius 3 is 2.43 bits per heavy atom. The molecule has 0 saturated heterocycles. The second-order valence-corrected chi connectivity index (χ2v) is 6.17. The van der Waals surface area contributed by atoms with Crippen molar-refractivity contribution in [3.05, 3.63) is 65.2 Å². The summed E-state index contributed by atoms with van der Waals surface area (Å²) >= 11 is 7.36. The average Bonchev–Trinajstić information content (AvgIpc) is 2.53. The number of amides is 1. The van der Waals surface area contributed by atoms with Gasteiger partial charge in [-0.2, -0.15) is 0 Å². The van der Waals surface area contributed by atoms with Crippen molar-refractivity contribution < 1.29 is 4.79 Å². The van der Waals surface area contributed by atoms with Gasteiger partial charge in [-0.1, -0.05) is 48.9 Å². The smallest absolute Gasteiger partial charge is 0.230 e. The Bertz CT molecular complexity index is 571. The molecule has 2 aromatic rings. The average molecular weight is 320 g/mol. The van der Waals surface area contributed by atoms with E-state index in [1.807, 2.05) is 54.6 Å². The number of hydrogen-bond donors (Lipinski definition) is 1. The molecule has 1 atom stereocenters.